The van der Waals surface area contributed by atoms with Crippen molar-refractivity contribution < 1.29 is 9.32 Å². The van der Waals surface area contributed by atoms with Crippen molar-refractivity contribution in [3.8, 4) is 11.4 Å². The standard InChI is InChI=1S/C13H13ClN4O2/c14-9-3-1-2-8(6-9)12-17-11(20-18-12)7-10-13(19)16-5-4-15-10/h1-3,6,10,15H,4-5,7H2,(H,16,19). The molecule has 1 aromatic heterocycles. The van der Waals surface area contributed by atoms with Gasteiger partial charge in [-0.1, -0.05) is 28.9 Å². The van der Waals surface area contributed by atoms with Crippen molar-refractivity contribution in [2.45, 2.75) is 12.5 Å². The third-order valence-electron chi connectivity index (χ3n) is 3.06. The monoisotopic (exact) mass is 292 g/mol. The number of halogens is 1. The molecule has 0 aliphatic carbocycles. The summed E-state index contributed by atoms with van der Waals surface area (Å²) in [6.07, 6.45) is 0.374. The van der Waals surface area contributed by atoms with Crippen LogP contribution in [-0.4, -0.2) is 35.2 Å². The minimum Gasteiger partial charge on any atom is -0.353 e. The Morgan fingerprint density at radius 2 is 2.30 bits per heavy atom. The largest absolute Gasteiger partial charge is 0.353 e. The van der Waals surface area contributed by atoms with Crippen LogP contribution in [-0.2, 0) is 11.2 Å². The van der Waals surface area contributed by atoms with Gasteiger partial charge in [-0.2, -0.15) is 4.98 Å². The second-order valence-corrected chi connectivity index (χ2v) is 4.96. The SMILES string of the molecule is O=C1NCCNC1Cc1nc(-c2cccc(Cl)c2)no1. The molecule has 1 amide bonds. The van der Waals surface area contributed by atoms with Gasteiger partial charge in [0.25, 0.3) is 0 Å². The lowest BCUT2D eigenvalue weighted by Gasteiger charge is -2.21. The summed E-state index contributed by atoms with van der Waals surface area (Å²) in [5.74, 6) is 0.854. The van der Waals surface area contributed by atoms with Gasteiger partial charge in [-0.05, 0) is 12.1 Å². The van der Waals surface area contributed by atoms with E-state index in [1.165, 1.54) is 0 Å². The van der Waals surface area contributed by atoms with E-state index in [1.807, 2.05) is 12.1 Å². The molecule has 3 rings (SSSR count). The third-order valence-corrected chi connectivity index (χ3v) is 3.30. The zero-order valence-corrected chi connectivity index (χ0v) is 11.4. The summed E-state index contributed by atoms with van der Waals surface area (Å²) in [4.78, 5) is 15.9. The molecule has 2 aromatic rings. The van der Waals surface area contributed by atoms with Gasteiger partial charge in [0.15, 0.2) is 0 Å². The molecule has 20 heavy (non-hydrogen) atoms. The Hall–Kier alpha value is -1.92. The maximum Gasteiger partial charge on any atom is 0.237 e. The smallest absolute Gasteiger partial charge is 0.237 e. The maximum absolute atomic E-state index is 11.6. The minimum atomic E-state index is -0.323. The molecule has 6 nitrogen and oxygen atoms in total. The molecule has 1 aliphatic heterocycles. The normalized spacial score (nSPS) is 18.9. The van der Waals surface area contributed by atoms with Crippen molar-refractivity contribution >= 4 is 17.5 Å². The number of amides is 1. The molecule has 2 heterocycles. The molecule has 1 aromatic carbocycles. The summed E-state index contributed by atoms with van der Waals surface area (Å²) in [6, 6.07) is 6.90. The Morgan fingerprint density at radius 1 is 1.40 bits per heavy atom. The van der Waals surface area contributed by atoms with Gasteiger partial charge in [-0.15, -0.1) is 0 Å². The Bertz CT molecular complexity index is 628. The maximum atomic E-state index is 11.6. The molecular formula is C13H13ClN4O2. The van der Waals surface area contributed by atoms with Crippen LogP contribution in [0.5, 0.6) is 0 Å². The molecule has 1 saturated heterocycles. The highest BCUT2D eigenvalue weighted by molar-refractivity contribution is 6.30. The van der Waals surface area contributed by atoms with Crippen molar-refractivity contribution in [1.29, 1.82) is 0 Å². The number of aromatic nitrogens is 2. The highest BCUT2D eigenvalue weighted by Crippen LogP contribution is 2.20. The second-order valence-electron chi connectivity index (χ2n) is 4.52. The number of piperazine rings is 1. The van der Waals surface area contributed by atoms with E-state index in [1.54, 1.807) is 12.1 Å². The van der Waals surface area contributed by atoms with E-state index in [-0.39, 0.29) is 11.9 Å². The Labute approximate surface area is 120 Å². The zero-order valence-electron chi connectivity index (χ0n) is 10.6. The summed E-state index contributed by atoms with van der Waals surface area (Å²) in [5.41, 5.74) is 0.786. The van der Waals surface area contributed by atoms with Gasteiger partial charge in [0.1, 0.15) is 0 Å². The fourth-order valence-electron chi connectivity index (χ4n) is 2.07. The highest BCUT2D eigenvalue weighted by atomic mass is 35.5. The summed E-state index contributed by atoms with van der Waals surface area (Å²) in [7, 11) is 0. The molecule has 1 fully saturated rings. The van der Waals surface area contributed by atoms with Gasteiger partial charge in [-0.3, -0.25) is 4.79 Å². The lowest BCUT2D eigenvalue weighted by atomic mass is 10.1. The average Bonchev–Trinajstić information content (AvgIpc) is 2.90. The van der Waals surface area contributed by atoms with Crippen LogP contribution in [0, 0.1) is 0 Å². The number of rotatable bonds is 3. The number of nitrogens with zero attached hydrogens (tertiary/aromatic N) is 2. The molecule has 1 unspecified atom stereocenters. The van der Waals surface area contributed by atoms with Crippen molar-refractivity contribution in [1.82, 2.24) is 20.8 Å². The lowest BCUT2D eigenvalue weighted by Crippen LogP contribution is -2.53. The summed E-state index contributed by atoms with van der Waals surface area (Å²) >= 11 is 5.93. The highest BCUT2D eigenvalue weighted by Gasteiger charge is 2.24. The fraction of sp³-hybridized carbons (Fsp3) is 0.308. The molecule has 1 aliphatic rings. The third kappa shape index (κ3) is 2.81. The fourth-order valence-corrected chi connectivity index (χ4v) is 2.26. The van der Waals surface area contributed by atoms with Crippen molar-refractivity contribution in [3.63, 3.8) is 0 Å². The molecule has 0 saturated carbocycles. The molecule has 7 heteroatoms. The molecular weight excluding hydrogens is 280 g/mol. The first-order valence-electron chi connectivity index (χ1n) is 6.32. The van der Waals surface area contributed by atoms with E-state index in [4.69, 9.17) is 16.1 Å². The van der Waals surface area contributed by atoms with Gasteiger partial charge in [-0.25, -0.2) is 0 Å². The van der Waals surface area contributed by atoms with Gasteiger partial charge in [0.05, 0.1) is 12.5 Å². The second kappa shape index (κ2) is 5.60. The van der Waals surface area contributed by atoms with Crippen molar-refractivity contribution in [2.24, 2.45) is 0 Å². The van der Waals surface area contributed by atoms with Gasteiger partial charge >= 0.3 is 0 Å². The minimum absolute atomic E-state index is 0.0428. The molecule has 1 atom stereocenters. The summed E-state index contributed by atoms with van der Waals surface area (Å²) in [6.45, 7) is 1.39. The van der Waals surface area contributed by atoms with E-state index < -0.39 is 0 Å². The topological polar surface area (TPSA) is 80.0 Å². The predicted octanol–water partition coefficient (Wildman–Crippen LogP) is 1.02. The van der Waals surface area contributed by atoms with E-state index in [0.717, 1.165) is 12.1 Å². The van der Waals surface area contributed by atoms with Crippen LogP contribution >= 0.6 is 11.6 Å². The number of nitrogens with one attached hydrogen (secondary N) is 2. The zero-order chi connectivity index (χ0) is 13.9. The average molecular weight is 293 g/mol. The van der Waals surface area contributed by atoms with Crippen molar-refractivity contribution in [2.75, 3.05) is 13.1 Å². The van der Waals surface area contributed by atoms with Crippen LogP contribution in [0.25, 0.3) is 11.4 Å². The van der Waals surface area contributed by atoms with Crippen LogP contribution in [0.4, 0.5) is 0 Å². The Morgan fingerprint density at radius 3 is 3.10 bits per heavy atom. The number of carbonyl (C=O) groups excluding carboxylic acids is 1. The molecule has 0 spiro atoms. The van der Waals surface area contributed by atoms with Crippen LogP contribution in [0.1, 0.15) is 5.89 Å². The summed E-state index contributed by atoms with van der Waals surface area (Å²) in [5, 5.41) is 10.4. The number of benzene rings is 1. The van der Waals surface area contributed by atoms with E-state index in [9.17, 15) is 4.79 Å². The Kier molecular flexibility index (Phi) is 3.66. The Balaban J connectivity index is 1.75. The first-order valence-corrected chi connectivity index (χ1v) is 6.70. The van der Waals surface area contributed by atoms with E-state index >= 15 is 0 Å². The van der Waals surface area contributed by atoms with Gasteiger partial charge in [0, 0.05) is 23.7 Å². The molecule has 0 bridgehead atoms. The number of carbonyl (C=O) groups is 1. The molecule has 2 N–H and O–H groups in total. The predicted molar refractivity (Wildman–Crippen MR) is 73.2 cm³/mol. The van der Waals surface area contributed by atoms with Crippen LogP contribution < -0.4 is 10.6 Å². The summed E-state index contributed by atoms with van der Waals surface area (Å²) < 4.78 is 5.19. The first kappa shape index (κ1) is 13.1. The number of hydrogen-bond acceptors (Lipinski definition) is 5. The first-order chi connectivity index (χ1) is 9.72. The van der Waals surface area contributed by atoms with Crippen LogP contribution in [0.3, 0.4) is 0 Å². The van der Waals surface area contributed by atoms with Crippen LogP contribution in [0.2, 0.25) is 5.02 Å². The van der Waals surface area contributed by atoms with Crippen LogP contribution in [0.15, 0.2) is 28.8 Å². The molecule has 104 valence electrons. The van der Waals surface area contributed by atoms with Gasteiger partial charge < -0.3 is 15.2 Å². The quantitative estimate of drug-likeness (QED) is 0.883. The number of hydrogen-bond donors (Lipinski definition) is 2. The van der Waals surface area contributed by atoms with E-state index in [0.29, 0.717) is 29.7 Å². The molecule has 0 radical (unpaired) electrons. The van der Waals surface area contributed by atoms with Crippen molar-refractivity contribution in [3.05, 3.63) is 35.2 Å². The van der Waals surface area contributed by atoms with E-state index in [2.05, 4.69) is 20.8 Å². The van der Waals surface area contributed by atoms with Gasteiger partial charge in [0.2, 0.25) is 17.6 Å². The lowest BCUT2D eigenvalue weighted by molar-refractivity contribution is -0.124.